The minimum Gasteiger partial charge on any atom is -0.478 e. The van der Waals surface area contributed by atoms with Crippen molar-refractivity contribution in [1.82, 2.24) is 0 Å². The summed E-state index contributed by atoms with van der Waals surface area (Å²) in [5.41, 5.74) is 3.35. The van der Waals surface area contributed by atoms with Gasteiger partial charge < -0.3 is 5.11 Å². The lowest BCUT2D eigenvalue weighted by Crippen LogP contribution is -2.16. The van der Waals surface area contributed by atoms with Gasteiger partial charge in [0.15, 0.2) is 0 Å². The van der Waals surface area contributed by atoms with Crippen LogP contribution in [-0.4, -0.2) is 11.1 Å². The maximum absolute atomic E-state index is 13.5. The van der Waals surface area contributed by atoms with Gasteiger partial charge in [-0.15, -0.1) is 0 Å². The zero-order valence-electron chi connectivity index (χ0n) is 10.8. The summed E-state index contributed by atoms with van der Waals surface area (Å²) in [5, 5.41) is 9.41. The third kappa shape index (κ3) is 2.18. The van der Waals surface area contributed by atoms with E-state index in [2.05, 4.69) is 0 Å². The van der Waals surface area contributed by atoms with E-state index in [9.17, 15) is 14.3 Å². The Bertz CT molecular complexity index is 554. The van der Waals surface area contributed by atoms with Gasteiger partial charge >= 0.3 is 5.97 Å². The van der Waals surface area contributed by atoms with Crippen molar-refractivity contribution in [3.05, 3.63) is 40.7 Å². The topological polar surface area (TPSA) is 37.3 Å². The molecule has 100 valence electrons. The number of aryl methyl sites for hydroxylation is 1. The minimum atomic E-state index is -0.836. The summed E-state index contributed by atoms with van der Waals surface area (Å²) in [7, 11) is 0. The Labute approximate surface area is 112 Å². The fourth-order valence-corrected chi connectivity index (χ4v) is 3.48. The predicted octanol–water partition coefficient (Wildman–Crippen LogP) is 3.80. The molecule has 0 saturated heterocycles. The van der Waals surface area contributed by atoms with Crippen molar-refractivity contribution in [3.63, 3.8) is 0 Å². The standard InChI is InChI=1S/C16H17FO2/c17-12-7-5-10-6-8-13(16(18)19)15(14(10)9-12)11-3-1-2-4-11/h5,7,9,11H,1-4,6,8H2,(H,18,19). The summed E-state index contributed by atoms with van der Waals surface area (Å²) >= 11 is 0. The van der Waals surface area contributed by atoms with Gasteiger partial charge in [-0.05, 0) is 60.4 Å². The number of hydrogen-bond donors (Lipinski definition) is 1. The Morgan fingerprint density at radius 1 is 1.21 bits per heavy atom. The molecule has 1 aromatic rings. The lowest BCUT2D eigenvalue weighted by molar-refractivity contribution is -0.132. The van der Waals surface area contributed by atoms with Gasteiger partial charge in [-0.25, -0.2) is 9.18 Å². The number of hydrogen-bond acceptors (Lipinski definition) is 1. The van der Waals surface area contributed by atoms with Crippen LogP contribution in [0, 0.1) is 11.7 Å². The highest BCUT2D eigenvalue weighted by molar-refractivity contribution is 5.98. The van der Waals surface area contributed by atoms with E-state index in [4.69, 9.17) is 0 Å². The third-order valence-corrected chi connectivity index (χ3v) is 4.35. The molecule has 0 aliphatic heterocycles. The Hall–Kier alpha value is -1.64. The van der Waals surface area contributed by atoms with E-state index < -0.39 is 5.97 Å². The first-order chi connectivity index (χ1) is 9.16. The van der Waals surface area contributed by atoms with Crippen molar-refractivity contribution in [2.45, 2.75) is 38.5 Å². The minimum absolute atomic E-state index is 0.277. The molecule has 3 rings (SSSR count). The van der Waals surface area contributed by atoms with E-state index in [0.717, 1.165) is 42.4 Å². The monoisotopic (exact) mass is 260 g/mol. The molecule has 19 heavy (non-hydrogen) atoms. The first-order valence-electron chi connectivity index (χ1n) is 6.92. The molecule has 1 saturated carbocycles. The number of rotatable bonds is 2. The average Bonchev–Trinajstić information content (AvgIpc) is 2.90. The van der Waals surface area contributed by atoms with Gasteiger partial charge in [0.25, 0.3) is 0 Å². The average molecular weight is 260 g/mol. The number of carbonyl (C=O) groups is 1. The van der Waals surface area contributed by atoms with E-state index in [-0.39, 0.29) is 5.82 Å². The second-order valence-electron chi connectivity index (χ2n) is 5.48. The molecule has 2 aliphatic carbocycles. The van der Waals surface area contributed by atoms with Crippen LogP contribution in [0.1, 0.15) is 43.2 Å². The highest BCUT2D eigenvalue weighted by Crippen LogP contribution is 2.43. The van der Waals surface area contributed by atoms with Crippen molar-refractivity contribution in [3.8, 4) is 0 Å². The van der Waals surface area contributed by atoms with E-state index in [1.54, 1.807) is 6.07 Å². The molecule has 0 bridgehead atoms. The van der Waals surface area contributed by atoms with E-state index in [1.165, 1.54) is 12.1 Å². The van der Waals surface area contributed by atoms with Crippen LogP contribution < -0.4 is 0 Å². The quantitative estimate of drug-likeness (QED) is 0.878. The van der Waals surface area contributed by atoms with Crippen molar-refractivity contribution in [2.75, 3.05) is 0 Å². The van der Waals surface area contributed by atoms with Gasteiger partial charge in [0, 0.05) is 5.57 Å². The maximum Gasteiger partial charge on any atom is 0.331 e. The van der Waals surface area contributed by atoms with Gasteiger partial charge in [0.05, 0.1) is 0 Å². The third-order valence-electron chi connectivity index (χ3n) is 4.35. The van der Waals surface area contributed by atoms with Crippen molar-refractivity contribution in [1.29, 1.82) is 0 Å². The number of fused-ring (bicyclic) bond motifs is 1. The molecule has 1 aromatic carbocycles. The number of allylic oxidation sites excluding steroid dienone is 1. The molecule has 2 aliphatic rings. The Morgan fingerprint density at radius 2 is 1.95 bits per heavy atom. The van der Waals surface area contributed by atoms with Crippen molar-refractivity contribution < 1.29 is 14.3 Å². The maximum atomic E-state index is 13.5. The zero-order valence-corrected chi connectivity index (χ0v) is 10.8. The number of aliphatic carboxylic acids is 1. The summed E-state index contributed by atoms with van der Waals surface area (Å²) in [6.45, 7) is 0. The highest BCUT2D eigenvalue weighted by Gasteiger charge is 2.30. The molecule has 1 N–H and O–H groups in total. The summed E-state index contributed by atoms with van der Waals surface area (Å²) in [4.78, 5) is 11.5. The van der Waals surface area contributed by atoms with Crippen LogP contribution in [0.4, 0.5) is 4.39 Å². The molecule has 0 aromatic heterocycles. The SMILES string of the molecule is O=C(O)C1=C(C2CCCC2)c2cc(F)ccc2CC1. The van der Waals surface area contributed by atoms with Crippen LogP contribution in [-0.2, 0) is 11.2 Å². The van der Waals surface area contributed by atoms with Crippen LogP contribution in [0.25, 0.3) is 5.57 Å². The lowest BCUT2D eigenvalue weighted by Gasteiger charge is -2.25. The summed E-state index contributed by atoms with van der Waals surface area (Å²) in [6, 6.07) is 4.79. The second-order valence-corrected chi connectivity index (χ2v) is 5.48. The summed E-state index contributed by atoms with van der Waals surface area (Å²) < 4.78 is 13.5. The number of benzene rings is 1. The molecule has 0 heterocycles. The van der Waals surface area contributed by atoms with Crippen molar-refractivity contribution >= 4 is 11.5 Å². The number of carboxylic acid groups (broad SMARTS) is 1. The molecule has 0 unspecified atom stereocenters. The molecule has 0 atom stereocenters. The lowest BCUT2D eigenvalue weighted by atomic mass is 9.78. The van der Waals surface area contributed by atoms with Gasteiger partial charge in [-0.1, -0.05) is 18.9 Å². The van der Waals surface area contributed by atoms with Crippen LogP contribution in [0.5, 0.6) is 0 Å². The van der Waals surface area contributed by atoms with Crippen molar-refractivity contribution in [2.24, 2.45) is 5.92 Å². The zero-order chi connectivity index (χ0) is 13.4. The largest absolute Gasteiger partial charge is 0.478 e. The van der Waals surface area contributed by atoms with Crippen LogP contribution in [0.3, 0.4) is 0 Å². The Balaban J connectivity index is 2.16. The van der Waals surface area contributed by atoms with Crippen LogP contribution in [0.15, 0.2) is 23.8 Å². The van der Waals surface area contributed by atoms with E-state index in [1.807, 2.05) is 0 Å². The molecular formula is C16H17FO2. The second kappa shape index (κ2) is 4.80. The molecule has 0 amide bonds. The number of halogens is 1. The Kier molecular flexibility index (Phi) is 3.13. The van der Waals surface area contributed by atoms with Gasteiger partial charge in [0.2, 0.25) is 0 Å². The highest BCUT2D eigenvalue weighted by atomic mass is 19.1. The van der Waals surface area contributed by atoms with Gasteiger partial charge in [0.1, 0.15) is 5.82 Å². The fourth-order valence-electron chi connectivity index (χ4n) is 3.48. The van der Waals surface area contributed by atoms with Crippen LogP contribution in [0.2, 0.25) is 0 Å². The van der Waals surface area contributed by atoms with Gasteiger partial charge in [-0.3, -0.25) is 0 Å². The van der Waals surface area contributed by atoms with E-state index in [0.29, 0.717) is 24.3 Å². The molecule has 0 spiro atoms. The van der Waals surface area contributed by atoms with Crippen LogP contribution >= 0.6 is 0 Å². The molecule has 3 heteroatoms. The number of carboxylic acids is 1. The first kappa shape index (κ1) is 12.4. The molecule has 2 nitrogen and oxygen atoms in total. The van der Waals surface area contributed by atoms with E-state index >= 15 is 0 Å². The predicted molar refractivity (Wildman–Crippen MR) is 71.2 cm³/mol. The fraction of sp³-hybridized carbons (Fsp3) is 0.438. The van der Waals surface area contributed by atoms with Gasteiger partial charge in [-0.2, -0.15) is 0 Å². The first-order valence-corrected chi connectivity index (χ1v) is 6.92. The smallest absolute Gasteiger partial charge is 0.331 e. The normalized spacial score (nSPS) is 19.6. The molecule has 1 fully saturated rings. The summed E-state index contributed by atoms with van der Waals surface area (Å²) in [5.74, 6) is -0.815. The summed E-state index contributed by atoms with van der Waals surface area (Å²) in [6.07, 6.45) is 5.62. The molecule has 0 radical (unpaired) electrons. The molecular weight excluding hydrogens is 243 g/mol. The Morgan fingerprint density at radius 3 is 2.63 bits per heavy atom.